The molecule has 0 atom stereocenters. The summed E-state index contributed by atoms with van der Waals surface area (Å²) in [6.07, 6.45) is 6.11. The van der Waals surface area contributed by atoms with E-state index in [1.54, 1.807) is 30.3 Å². The van der Waals surface area contributed by atoms with Gasteiger partial charge in [0, 0.05) is 12.1 Å². The lowest BCUT2D eigenvalue weighted by molar-refractivity contribution is -0.576. The number of anilines is 1. The molecular weight excluding hydrogens is 376 g/mol. The van der Waals surface area contributed by atoms with Crippen molar-refractivity contribution in [2.24, 2.45) is 5.92 Å². The van der Waals surface area contributed by atoms with Crippen LogP contribution in [0.25, 0.3) is 10.9 Å². The van der Waals surface area contributed by atoms with E-state index >= 15 is 0 Å². The molecule has 0 bridgehead atoms. The Labute approximate surface area is 164 Å². The van der Waals surface area contributed by atoms with E-state index in [1.165, 1.54) is 38.6 Å². The first kappa shape index (κ1) is 18.6. The smallest absolute Gasteiger partial charge is 0.262 e. The van der Waals surface area contributed by atoms with Crippen LogP contribution in [-0.2, 0) is 16.4 Å². The lowest BCUT2D eigenvalue weighted by Crippen LogP contribution is -2.27. The maximum Gasteiger partial charge on any atom is 0.262 e. The third-order valence-corrected chi connectivity index (χ3v) is 6.67. The molecule has 28 heavy (non-hydrogen) atoms. The number of hydrogen-bond acceptors (Lipinski definition) is 4. The number of sulfonamides is 1. The molecule has 1 aliphatic rings. The quantitative estimate of drug-likeness (QED) is 0.508. The van der Waals surface area contributed by atoms with Gasteiger partial charge in [-0.25, -0.2) is 8.42 Å². The Morgan fingerprint density at radius 1 is 1.18 bits per heavy atom. The third-order valence-electron chi connectivity index (χ3n) is 5.29. The molecule has 1 aromatic heterocycles. The van der Waals surface area contributed by atoms with Crippen LogP contribution in [-0.4, -0.2) is 15.5 Å². The Kier molecular flexibility index (Phi) is 4.85. The first-order valence-corrected chi connectivity index (χ1v) is 10.8. The second kappa shape index (κ2) is 7.31. The molecule has 7 heteroatoms. The van der Waals surface area contributed by atoms with Crippen LogP contribution in [0.3, 0.4) is 0 Å². The fraction of sp³-hybridized carbons (Fsp3) is 0.286. The van der Waals surface area contributed by atoms with Crippen LogP contribution in [0.4, 0.5) is 5.69 Å². The zero-order valence-electron chi connectivity index (χ0n) is 15.6. The molecule has 3 aromatic rings. The summed E-state index contributed by atoms with van der Waals surface area (Å²) in [5, 5.41) is 12.8. The summed E-state index contributed by atoms with van der Waals surface area (Å²) in [6, 6.07) is 13.5. The van der Waals surface area contributed by atoms with Gasteiger partial charge in [0.05, 0.1) is 17.4 Å². The predicted molar refractivity (Wildman–Crippen MR) is 108 cm³/mol. The molecule has 1 saturated carbocycles. The summed E-state index contributed by atoms with van der Waals surface area (Å²) in [7, 11) is -2.35. The van der Waals surface area contributed by atoms with Crippen LogP contribution in [0.2, 0.25) is 0 Å². The topological polar surface area (TPSA) is 82.3 Å². The maximum atomic E-state index is 12.9. The summed E-state index contributed by atoms with van der Waals surface area (Å²) in [5.74, 6) is 1.18. The van der Waals surface area contributed by atoms with Crippen molar-refractivity contribution in [1.82, 2.24) is 0 Å². The van der Waals surface area contributed by atoms with Crippen molar-refractivity contribution < 1.29 is 17.9 Å². The van der Waals surface area contributed by atoms with Gasteiger partial charge in [-0.15, -0.1) is 0 Å². The zero-order valence-corrected chi connectivity index (χ0v) is 16.4. The number of rotatable bonds is 6. The van der Waals surface area contributed by atoms with E-state index in [-0.39, 0.29) is 16.1 Å². The van der Waals surface area contributed by atoms with E-state index in [0.29, 0.717) is 15.9 Å². The van der Waals surface area contributed by atoms with Crippen LogP contribution in [0.5, 0.6) is 5.75 Å². The molecule has 0 aliphatic heterocycles. The van der Waals surface area contributed by atoms with Gasteiger partial charge in [-0.05, 0) is 42.2 Å². The number of ether oxygens (including phenoxy) is 1. The van der Waals surface area contributed by atoms with Gasteiger partial charge in [0.1, 0.15) is 11.4 Å². The van der Waals surface area contributed by atoms with Gasteiger partial charge in [-0.3, -0.25) is 4.72 Å². The maximum absolute atomic E-state index is 12.9. The van der Waals surface area contributed by atoms with E-state index in [0.717, 1.165) is 17.9 Å². The first-order valence-electron chi connectivity index (χ1n) is 9.28. The highest BCUT2D eigenvalue weighted by atomic mass is 32.2. The van der Waals surface area contributed by atoms with Crippen LogP contribution >= 0.6 is 0 Å². The van der Waals surface area contributed by atoms with E-state index in [1.807, 2.05) is 12.1 Å². The highest BCUT2D eigenvalue weighted by molar-refractivity contribution is 7.92. The van der Waals surface area contributed by atoms with Crippen LogP contribution in [0.1, 0.15) is 24.8 Å². The van der Waals surface area contributed by atoms with Gasteiger partial charge in [-0.1, -0.05) is 31.4 Å². The minimum absolute atomic E-state index is 0.161. The molecule has 4 rings (SSSR count). The standard InChI is InChI=1S/C21H22N2O4S/c1-27-18-13-17-6-3-11-23(24)21(17)20(14-18)22-28(25,26)19-9-7-16(8-10-19)12-15-4-2-5-15/h3,6-11,13-15,22H,2,4-5,12H2,1H3. The molecule has 0 spiro atoms. The molecule has 1 aliphatic carbocycles. The Morgan fingerprint density at radius 3 is 2.57 bits per heavy atom. The van der Waals surface area contributed by atoms with Gasteiger partial charge in [0.15, 0.2) is 6.20 Å². The molecule has 0 amide bonds. The second-order valence-corrected chi connectivity index (χ2v) is 8.88. The molecule has 0 radical (unpaired) electrons. The monoisotopic (exact) mass is 398 g/mol. The minimum Gasteiger partial charge on any atom is -0.618 e. The van der Waals surface area contributed by atoms with E-state index in [4.69, 9.17) is 4.74 Å². The Bertz CT molecular complexity index is 1110. The number of aromatic nitrogens is 1. The van der Waals surface area contributed by atoms with Crippen molar-refractivity contribution in [1.29, 1.82) is 0 Å². The van der Waals surface area contributed by atoms with Crippen molar-refractivity contribution in [3.8, 4) is 5.75 Å². The SMILES string of the molecule is COc1cc(NS(=O)(=O)c2ccc(CC3CCC3)cc2)c2c(ccc[n+]2[O-])c1. The zero-order chi connectivity index (χ0) is 19.7. The van der Waals surface area contributed by atoms with Crippen molar-refractivity contribution in [3.05, 3.63) is 65.5 Å². The predicted octanol–water partition coefficient (Wildman–Crippen LogP) is 3.63. The number of nitrogens with zero attached hydrogens (tertiary/aromatic N) is 1. The Hall–Kier alpha value is -2.80. The van der Waals surface area contributed by atoms with E-state index in [2.05, 4.69) is 4.72 Å². The van der Waals surface area contributed by atoms with Crippen molar-refractivity contribution in [2.75, 3.05) is 11.8 Å². The lowest BCUT2D eigenvalue weighted by Gasteiger charge is -2.25. The fourth-order valence-electron chi connectivity index (χ4n) is 3.54. The number of nitrogens with one attached hydrogen (secondary N) is 1. The molecule has 0 unspecified atom stereocenters. The van der Waals surface area contributed by atoms with Crippen LogP contribution in [0.15, 0.2) is 59.6 Å². The average molecular weight is 398 g/mol. The third kappa shape index (κ3) is 3.62. The molecule has 1 fully saturated rings. The largest absolute Gasteiger partial charge is 0.618 e. The summed E-state index contributed by atoms with van der Waals surface area (Å²) in [5.41, 5.74) is 1.57. The average Bonchev–Trinajstić information content (AvgIpc) is 2.64. The second-order valence-electron chi connectivity index (χ2n) is 7.20. The van der Waals surface area contributed by atoms with E-state index in [9.17, 15) is 13.6 Å². The number of benzene rings is 2. The molecule has 6 nitrogen and oxygen atoms in total. The molecule has 2 aromatic carbocycles. The molecule has 146 valence electrons. The molecular formula is C21H22N2O4S. The fourth-order valence-corrected chi connectivity index (χ4v) is 4.59. The van der Waals surface area contributed by atoms with Crippen molar-refractivity contribution >= 4 is 26.6 Å². The molecule has 1 heterocycles. The Morgan fingerprint density at radius 2 is 1.93 bits per heavy atom. The normalized spacial score (nSPS) is 14.6. The Balaban J connectivity index is 1.65. The summed E-state index contributed by atoms with van der Waals surface area (Å²) < 4.78 is 34.2. The highest BCUT2D eigenvalue weighted by Crippen LogP contribution is 2.31. The summed E-state index contributed by atoms with van der Waals surface area (Å²) >= 11 is 0. The van der Waals surface area contributed by atoms with Crippen molar-refractivity contribution in [3.63, 3.8) is 0 Å². The number of fused-ring (bicyclic) bond motifs is 1. The minimum atomic E-state index is -3.84. The summed E-state index contributed by atoms with van der Waals surface area (Å²) in [4.78, 5) is 0.161. The lowest BCUT2D eigenvalue weighted by atomic mass is 9.81. The van der Waals surface area contributed by atoms with E-state index < -0.39 is 10.0 Å². The highest BCUT2D eigenvalue weighted by Gasteiger charge is 2.21. The van der Waals surface area contributed by atoms with Gasteiger partial charge < -0.3 is 9.94 Å². The van der Waals surface area contributed by atoms with Gasteiger partial charge in [-0.2, -0.15) is 4.73 Å². The van der Waals surface area contributed by atoms with Gasteiger partial charge in [0.25, 0.3) is 10.0 Å². The van der Waals surface area contributed by atoms with Gasteiger partial charge in [0.2, 0.25) is 5.52 Å². The van der Waals surface area contributed by atoms with Crippen molar-refractivity contribution in [2.45, 2.75) is 30.6 Å². The number of hydrogen-bond donors (Lipinski definition) is 1. The van der Waals surface area contributed by atoms with Crippen LogP contribution < -0.4 is 14.2 Å². The van der Waals surface area contributed by atoms with Gasteiger partial charge >= 0.3 is 0 Å². The summed E-state index contributed by atoms with van der Waals surface area (Å²) in [6.45, 7) is 0. The molecule has 0 saturated heterocycles. The van der Waals surface area contributed by atoms with Crippen LogP contribution in [0, 0.1) is 11.1 Å². The number of methoxy groups -OCH3 is 1. The first-order chi connectivity index (χ1) is 13.5. The number of pyridine rings is 1. The molecule has 1 N–H and O–H groups in total.